The summed E-state index contributed by atoms with van der Waals surface area (Å²) < 4.78 is 62.7. The molecule has 2 aliphatic carbocycles. The van der Waals surface area contributed by atoms with E-state index in [1.54, 1.807) is 45.9 Å². The number of alkyl halides is 1. The number of pyridine rings is 1. The number of sulfonamides is 1. The zero-order chi connectivity index (χ0) is 41.8. The van der Waals surface area contributed by atoms with Crippen LogP contribution in [-0.2, 0) is 35.6 Å². The summed E-state index contributed by atoms with van der Waals surface area (Å²) in [6.07, 6.45) is 5.97. The van der Waals surface area contributed by atoms with Crippen molar-refractivity contribution in [1.29, 1.82) is 0 Å². The Bertz CT molecular complexity index is 2140. The van der Waals surface area contributed by atoms with E-state index in [1.807, 2.05) is 19.1 Å². The molecule has 1 aromatic carbocycles. The fourth-order valence-corrected chi connectivity index (χ4v) is 10.1. The second kappa shape index (κ2) is 15.3. The van der Waals surface area contributed by atoms with Crippen molar-refractivity contribution in [2.75, 3.05) is 13.7 Å². The lowest BCUT2D eigenvalue weighted by molar-refractivity contribution is -0.144. The third kappa shape index (κ3) is 7.84. The Morgan fingerprint density at radius 1 is 1.10 bits per heavy atom. The van der Waals surface area contributed by atoms with E-state index in [0.717, 1.165) is 12.8 Å². The number of fused-ring (bicyclic) bond motifs is 5. The average molecular weight is 826 g/mol. The van der Waals surface area contributed by atoms with Crippen LogP contribution in [0.3, 0.4) is 0 Å². The minimum Gasteiger partial charge on any atom is -0.497 e. The van der Waals surface area contributed by atoms with Gasteiger partial charge in [0.05, 0.1) is 29.6 Å². The summed E-state index contributed by atoms with van der Waals surface area (Å²) in [4.78, 5) is 63.2. The minimum absolute atomic E-state index is 0.141. The molecule has 1 aromatic heterocycles. The van der Waals surface area contributed by atoms with E-state index >= 15 is 4.39 Å². The number of amides is 4. The van der Waals surface area contributed by atoms with Crippen LogP contribution >= 0.6 is 0 Å². The summed E-state index contributed by atoms with van der Waals surface area (Å²) in [6, 6.07) is 2.86. The van der Waals surface area contributed by atoms with E-state index in [0.29, 0.717) is 66.4 Å². The van der Waals surface area contributed by atoms with Crippen LogP contribution in [0.5, 0.6) is 11.5 Å². The van der Waals surface area contributed by atoms with E-state index < -0.39 is 79.5 Å². The number of allylic oxidation sites excluding steroid dienone is 1. The van der Waals surface area contributed by atoms with Crippen molar-refractivity contribution in [3.63, 3.8) is 0 Å². The molecule has 58 heavy (non-hydrogen) atoms. The molecule has 16 heteroatoms. The molecule has 3 aliphatic heterocycles. The van der Waals surface area contributed by atoms with Gasteiger partial charge in [0.2, 0.25) is 21.8 Å². The number of ether oxygens (including phenoxy) is 3. The third-order valence-electron chi connectivity index (χ3n) is 12.5. The van der Waals surface area contributed by atoms with E-state index in [-0.39, 0.29) is 38.0 Å². The molecule has 14 nitrogen and oxygen atoms in total. The van der Waals surface area contributed by atoms with Crippen LogP contribution in [0.1, 0.15) is 123 Å². The first kappa shape index (κ1) is 41.7. The highest BCUT2D eigenvalue weighted by molar-refractivity contribution is 7.91. The lowest BCUT2D eigenvalue weighted by Crippen LogP contribution is -2.70. The van der Waals surface area contributed by atoms with Gasteiger partial charge in [-0.05, 0) is 97.3 Å². The molecule has 316 valence electrons. The summed E-state index contributed by atoms with van der Waals surface area (Å²) >= 11 is 0. The van der Waals surface area contributed by atoms with Gasteiger partial charge in [0.1, 0.15) is 46.5 Å². The number of carbonyl (C=O) groups is 4. The number of rotatable bonds is 6. The van der Waals surface area contributed by atoms with Gasteiger partial charge in [-0.25, -0.2) is 22.6 Å². The number of halogens is 1. The summed E-state index contributed by atoms with van der Waals surface area (Å²) in [6.45, 7) is 8.40. The second-order valence-electron chi connectivity index (χ2n) is 17.9. The molecule has 3 N–H and O–H groups in total. The topological polar surface area (TPSA) is 182 Å². The van der Waals surface area contributed by atoms with Crippen LogP contribution in [-0.4, -0.2) is 89.3 Å². The number of hydrogen-bond acceptors (Lipinski definition) is 10. The monoisotopic (exact) mass is 825 g/mol. The molecule has 3 fully saturated rings. The highest BCUT2D eigenvalue weighted by atomic mass is 32.2. The smallest absolute Gasteiger partial charge is 0.408 e. The Hall–Kier alpha value is -4.47. The molecule has 6 unspecified atom stereocenters. The fraction of sp³-hybridized carbons (Fsp3) is 0.643. The highest BCUT2D eigenvalue weighted by Gasteiger charge is 2.60. The summed E-state index contributed by atoms with van der Waals surface area (Å²) in [5.41, 5.74) is -2.46. The van der Waals surface area contributed by atoms with Crippen molar-refractivity contribution < 1.29 is 46.2 Å². The van der Waals surface area contributed by atoms with Crippen LogP contribution in [0.15, 0.2) is 30.4 Å². The van der Waals surface area contributed by atoms with E-state index in [1.165, 1.54) is 12.0 Å². The van der Waals surface area contributed by atoms with Crippen molar-refractivity contribution in [1.82, 2.24) is 25.2 Å². The molecule has 7 rings (SSSR count). The number of alkyl carbamates (subject to hydrolysis) is 1. The molecule has 5 aliphatic rings. The van der Waals surface area contributed by atoms with Crippen molar-refractivity contribution in [2.24, 2.45) is 5.92 Å². The molecule has 2 aromatic rings. The lowest BCUT2D eigenvalue weighted by Gasteiger charge is -2.48. The van der Waals surface area contributed by atoms with E-state index in [2.05, 4.69) is 15.4 Å². The van der Waals surface area contributed by atoms with Crippen LogP contribution in [0.4, 0.5) is 9.18 Å². The van der Waals surface area contributed by atoms with Gasteiger partial charge in [-0.2, -0.15) is 0 Å². The largest absolute Gasteiger partial charge is 0.497 e. The number of hydrogen-bond donors (Lipinski definition) is 3. The molecule has 0 radical (unpaired) electrons. The van der Waals surface area contributed by atoms with Crippen molar-refractivity contribution in [2.45, 2.75) is 151 Å². The number of carbonyl (C=O) groups excluding carboxylic acids is 4. The fourth-order valence-electron chi connectivity index (χ4n) is 8.81. The highest BCUT2D eigenvalue weighted by Crippen LogP contribution is 2.51. The van der Waals surface area contributed by atoms with Gasteiger partial charge in [0.25, 0.3) is 5.91 Å². The van der Waals surface area contributed by atoms with Gasteiger partial charge in [-0.3, -0.25) is 19.1 Å². The van der Waals surface area contributed by atoms with Gasteiger partial charge in [0.15, 0.2) is 0 Å². The normalized spacial score (nSPS) is 29.7. The van der Waals surface area contributed by atoms with Crippen LogP contribution < -0.4 is 24.8 Å². The summed E-state index contributed by atoms with van der Waals surface area (Å²) in [5.74, 6) is -1.86. The predicted molar refractivity (Wildman–Crippen MR) is 213 cm³/mol. The van der Waals surface area contributed by atoms with Gasteiger partial charge in [0, 0.05) is 29.7 Å². The maximum atomic E-state index is 17.0. The Morgan fingerprint density at radius 3 is 2.52 bits per heavy atom. The van der Waals surface area contributed by atoms with Crippen LogP contribution in [0, 0.1) is 5.92 Å². The Kier molecular flexibility index (Phi) is 11.0. The van der Waals surface area contributed by atoms with Crippen molar-refractivity contribution in [3.05, 3.63) is 41.6 Å². The van der Waals surface area contributed by atoms with Crippen LogP contribution in [0.2, 0.25) is 0 Å². The molecule has 6 atom stereocenters. The molecule has 4 amide bonds. The predicted octanol–water partition coefficient (Wildman–Crippen LogP) is 5.62. The minimum atomic E-state index is -4.06. The average Bonchev–Trinajstić information content (AvgIpc) is 3.82. The SMILES string of the molecule is CCc1nc2ccc(OC)cc2c2c1OC1(CC2F)CC2C(=O)NC3(C(=O)NS(=O)(=O)C4(C)CC4)CCC3C=CCCCCCC(NC(=O)OC(C)(C)C)C(=O)N2C1. The first-order valence-corrected chi connectivity index (χ1v) is 22.0. The van der Waals surface area contributed by atoms with Crippen molar-refractivity contribution >= 4 is 44.7 Å². The molecule has 4 heterocycles. The van der Waals surface area contributed by atoms with E-state index in [4.69, 9.17) is 19.2 Å². The maximum Gasteiger partial charge on any atom is 0.408 e. The number of nitrogens with zero attached hydrogens (tertiary/aromatic N) is 2. The molecule has 1 spiro atoms. The van der Waals surface area contributed by atoms with Gasteiger partial charge in [-0.1, -0.05) is 31.9 Å². The molecular formula is C42H56FN5O9S. The summed E-state index contributed by atoms with van der Waals surface area (Å²) in [7, 11) is -2.53. The van der Waals surface area contributed by atoms with Gasteiger partial charge in [-0.15, -0.1) is 0 Å². The van der Waals surface area contributed by atoms with E-state index in [9.17, 15) is 27.6 Å². The third-order valence-corrected chi connectivity index (χ3v) is 14.7. The standard InChI is InChI=1S/C42H56FN5O9S/c1-7-29-34-33(27-21-26(55-6)15-16-30(27)44-29)28(43)22-41(56-34)23-32-35(49)46-42(37(51)47-58(53,54)40(5)19-20-40)18-17-25(42)13-11-9-8-10-12-14-31(36(50)48(32)24-41)45-38(52)57-39(2,3)4/h11,13,15-16,21,25,28,31-32H,7-10,12,14,17-20,22-24H2,1-6H3,(H,45,52)(H,46,49)(H,47,51). The Labute approximate surface area is 339 Å². The van der Waals surface area contributed by atoms with Gasteiger partial charge >= 0.3 is 6.09 Å². The summed E-state index contributed by atoms with van der Waals surface area (Å²) in [5, 5.41) is 6.21. The number of nitrogens with one attached hydrogen (secondary N) is 3. The van der Waals surface area contributed by atoms with Crippen LogP contribution in [0.25, 0.3) is 10.9 Å². The molecular weight excluding hydrogens is 770 g/mol. The number of aromatic nitrogens is 1. The zero-order valence-electron chi connectivity index (χ0n) is 34.2. The van der Waals surface area contributed by atoms with Gasteiger partial charge < -0.3 is 29.7 Å². The van der Waals surface area contributed by atoms with Crippen molar-refractivity contribution in [3.8, 4) is 11.5 Å². The number of aryl methyl sites for hydroxylation is 1. The first-order chi connectivity index (χ1) is 27.3. The second-order valence-corrected chi connectivity index (χ2v) is 20.1. The molecule has 2 saturated carbocycles. The Morgan fingerprint density at radius 2 is 1.86 bits per heavy atom. The number of benzene rings is 1. The maximum absolute atomic E-state index is 17.0. The molecule has 0 bridgehead atoms. The number of methoxy groups -OCH3 is 1. The molecule has 1 saturated heterocycles. The first-order valence-electron chi connectivity index (χ1n) is 20.5. The lowest BCUT2D eigenvalue weighted by atomic mass is 9.65. The zero-order valence-corrected chi connectivity index (χ0v) is 35.1. The quantitative estimate of drug-likeness (QED) is 0.310. The Balaban J connectivity index is 1.28.